The van der Waals surface area contributed by atoms with Crippen molar-refractivity contribution in [3.8, 4) is 0 Å². The second kappa shape index (κ2) is 7.34. The number of allylic oxidation sites excluding steroid dienone is 2. The zero-order valence-electron chi connectivity index (χ0n) is 14.2. The van der Waals surface area contributed by atoms with Crippen molar-refractivity contribution in [2.24, 2.45) is 0 Å². The van der Waals surface area contributed by atoms with Crippen LogP contribution in [-0.4, -0.2) is 28.1 Å². The number of ether oxygens (including phenoxy) is 1. The molecule has 0 spiro atoms. The number of aromatic carboxylic acids is 1. The number of hydrogen-bond donors (Lipinski definition) is 2. The summed E-state index contributed by atoms with van der Waals surface area (Å²) in [4.78, 5) is 34.5. The van der Waals surface area contributed by atoms with Crippen LogP contribution in [0.3, 0.4) is 0 Å². The minimum atomic E-state index is -1.19. The summed E-state index contributed by atoms with van der Waals surface area (Å²) in [5.41, 5.74) is 3.45. The van der Waals surface area contributed by atoms with Crippen LogP contribution in [0.15, 0.2) is 18.2 Å². The normalized spacial score (nSPS) is 13.4. The van der Waals surface area contributed by atoms with Crippen LogP contribution in [-0.2, 0) is 22.6 Å². The van der Waals surface area contributed by atoms with Gasteiger partial charge in [-0.15, -0.1) is 0 Å². The van der Waals surface area contributed by atoms with E-state index < -0.39 is 17.9 Å². The van der Waals surface area contributed by atoms with E-state index in [2.05, 4.69) is 6.58 Å². The van der Waals surface area contributed by atoms with Crippen LogP contribution in [0.2, 0.25) is 0 Å². The van der Waals surface area contributed by atoms with E-state index in [-0.39, 0.29) is 30.6 Å². The van der Waals surface area contributed by atoms with Gasteiger partial charge in [-0.05, 0) is 43.4 Å². The third-order valence-electron chi connectivity index (χ3n) is 4.39. The molecule has 1 aliphatic heterocycles. The molecule has 0 bridgehead atoms. The topological polar surface area (TPSA) is 101 Å². The molecule has 6 nitrogen and oxygen atoms in total. The fourth-order valence-corrected chi connectivity index (χ4v) is 3.04. The minimum absolute atomic E-state index is 0.0119. The van der Waals surface area contributed by atoms with Gasteiger partial charge in [0.15, 0.2) is 0 Å². The van der Waals surface area contributed by atoms with E-state index in [9.17, 15) is 19.5 Å². The summed E-state index contributed by atoms with van der Waals surface area (Å²) in [6.07, 6.45) is 4.05. The highest BCUT2D eigenvalue weighted by atomic mass is 16.5. The second-order valence-electron chi connectivity index (χ2n) is 5.98. The number of rotatable bonds is 7. The average Bonchev–Trinajstić information content (AvgIpc) is 2.92. The van der Waals surface area contributed by atoms with E-state index in [1.807, 2.05) is 6.92 Å². The van der Waals surface area contributed by atoms with Crippen LogP contribution >= 0.6 is 0 Å². The number of aliphatic carboxylic acids is 1. The number of esters is 1. The first-order valence-electron chi connectivity index (χ1n) is 7.86. The highest BCUT2D eigenvalue weighted by Gasteiger charge is 2.33. The van der Waals surface area contributed by atoms with E-state index in [0.717, 1.165) is 11.1 Å². The summed E-state index contributed by atoms with van der Waals surface area (Å²) in [5.74, 6) is -2.70. The fourth-order valence-electron chi connectivity index (χ4n) is 3.04. The summed E-state index contributed by atoms with van der Waals surface area (Å²) < 4.78 is 5.02. The van der Waals surface area contributed by atoms with Crippen molar-refractivity contribution in [2.45, 2.75) is 39.7 Å². The van der Waals surface area contributed by atoms with E-state index in [1.165, 1.54) is 0 Å². The molecule has 0 aromatic heterocycles. The summed E-state index contributed by atoms with van der Waals surface area (Å²) in [6.45, 7) is 7.44. The maximum Gasteiger partial charge on any atom is 0.339 e. The Kier molecular flexibility index (Phi) is 5.41. The van der Waals surface area contributed by atoms with Crippen molar-refractivity contribution >= 4 is 24.0 Å². The maximum absolute atomic E-state index is 12.0. The molecule has 6 heteroatoms. The van der Waals surface area contributed by atoms with E-state index >= 15 is 0 Å². The standard InChI is InChI=1S/C19H20O6/c1-4-12-11(3)14-9-25-19(24)17(14)16(18(22)23)13(12)7-5-10(2)6-8-15(20)21/h4-5H,1,6-9H2,2-3H3,(H,20,21)(H,22,23). The van der Waals surface area contributed by atoms with Gasteiger partial charge in [0.1, 0.15) is 6.61 Å². The van der Waals surface area contributed by atoms with Gasteiger partial charge < -0.3 is 14.9 Å². The number of hydrogen-bond acceptors (Lipinski definition) is 4. The molecule has 0 aliphatic carbocycles. The Morgan fingerprint density at radius 1 is 1.28 bits per heavy atom. The third kappa shape index (κ3) is 3.63. The number of benzene rings is 1. The van der Waals surface area contributed by atoms with Crippen LogP contribution in [0.1, 0.15) is 62.7 Å². The Balaban J connectivity index is 2.55. The van der Waals surface area contributed by atoms with E-state index in [1.54, 1.807) is 19.1 Å². The monoisotopic (exact) mass is 344 g/mol. The van der Waals surface area contributed by atoms with Crippen LogP contribution in [0.4, 0.5) is 0 Å². The molecule has 0 unspecified atom stereocenters. The Labute approximate surface area is 145 Å². The highest BCUT2D eigenvalue weighted by molar-refractivity contribution is 6.07. The van der Waals surface area contributed by atoms with Gasteiger partial charge in [0.25, 0.3) is 0 Å². The SMILES string of the molecule is C=Cc1c(C)c2c(c(C(=O)O)c1CC=C(C)CCC(=O)O)C(=O)OC2. The van der Waals surface area contributed by atoms with Crippen molar-refractivity contribution in [1.29, 1.82) is 0 Å². The molecule has 1 aliphatic rings. The van der Waals surface area contributed by atoms with Crippen LogP contribution in [0, 0.1) is 6.92 Å². The molecule has 0 radical (unpaired) electrons. The van der Waals surface area contributed by atoms with Crippen LogP contribution in [0.25, 0.3) is 6.08 Å². The second-order valence-corrected chi connectivity index (χ2v) is 5.98. The lowest BCUT2D eigenvalue weighted by atomic mass is 9.86. The predicted molar refractivity (Wildman–Crippen MR) is 91.7 cm³/mol. The molecular weight excluding hydrogens is 324 g/mol. The van der Waals surface area contributed by atoms with Crippen molar-refractivity contribution in [2.75, 3.05) is 0 Å². The Bertz CT molecular complexity index is 801. The quantitative estimate of drug-likeness (QED) is 0.581. The van der Waals surface area contributed by atoms with Crippen LogP contribution in [0.5, 0.6) is 0 Å². The number of cyclic esters (lactones) is 1. The van der Waals surface area contributed by atoms with Gasteiger partial charge in [0.2, 0.25) is 0 Å². The van der Waals surface area contributed by atoms with E-state index in [0.29, 0.717) is 23.1 Å². The predicted octanol–water partition coefficient (Wildman–Crippen LogP) is 3.36. The summed E-state index contributed by atoms with van der Waals surface area (Å²) in [5, 5.41) is 18.4. The molecule has 132 valence electrons. The zero-order chi connectivity index (χ0) is 18.7. The molecule has 2 rings (SSSR count). The van der Waals surface area contributed by atoms with Crippen molar-refractivity contribution in [3.05, 3.63) is 51.6 Å². The number of carbonyl (C=O) groups excluding carboxylic acids is 1. The van der Waals surface area contributed by atoms with Gasteiger partial charge in [-0.3, -0.25) is 4.79 Å². The molecule has 0 atom stereocenters. The van der Waals surface area contributed by atoms with Crippen molar-refractivity contribution in [1.82, 2.24) is 0 Å². The molecule has 1 aromatic rings. The number of carboxylic acid groups (broad SMARTS) is 2. The Morgan fingerprint density at radius 2 is 1.96 bits per heavy atom. The molecule has 0 saturated heterocycles. The largest absolute Gasteiger partial charge is 0.481 e. The summed E-state index contributed by atoms with van der Waals surface area (Å²) in [6, 6.07) is 0. The van der Waals surface area contributed by atoms with Gasteiger partial charge >= 0.3 is 17.9 Å². The van der Waals surface area contributed by atoms with Gasteiger partial charge in [-0.1, -0.05) is 24.3 Å². The molecule has 0 amide bonds. The number of carbonyl (C=O) groups is 3. The smallest absolute Gasteiger partial charge is 0.339 e. The van der Waals surface area contributed by atoms with Crippen LogP contribution < -0.4 is 0 Å². The molecule has 1 aromatic carbocycles. The molecule has 2 N–H and O–H groups in total. The minimum Gasteiger partial charge on any atom is -0.481 e. The van der Waals surface area contributed by atoms with Gasteiger partial charge in [0, 0.05) is 12.0 Å². The third-order valence-corrected chi connectivity index (χ3v) is 4.39. The zero-order valence-corrected chi connectivity index (χ0v) is 14.2. The number of carboxylic acids is 2. The first-order valence-corrected chi connectivity index (χ1v) is 7.86. The molecule has 0 saturated carbocycles. The van der Waals surface area contributed by atoms with Gasteiger partial charge in [-0.2, -0.15) is 0 Å². The maximum atomic E-state index is 12.0. The lowest BCUT2D eigenvalue weighted by Crippen LogP contribution is -2.13. The number of fused-ring (bicyclic) bond motifs is 1. The van der Waals surface area contributed by atoms with Crippen molar-refractivity contribution < 1.29 is 29.3 Å². The fraction of sp³-hybridized carbons (Fsp3) is 0.316. The first-order chi connectivity index (χ1) is 11.8. The highest BCUT2D eigenvalue weighted by Crippen LogP contribution is 2.34. The average molecular weight is 344 g/mol. The lowest BCUT2D eigenvalue weighted by molar-refractivity contribution is -0.136. The molecule has 1 heterocycles. The van der Waals surface area contributed by atoms with E-state index in [4.69, 9.17) is 9.84 Å². The first kappa shape index (κ1) is 18.4. The molecular formula is C19H20O6. The Morgan fingerprint density at radius 3 is 2.52 bits per heavy atom. The lowest BCUT2D eigenvalue weighted by Gasteiger charge is -2.16. The Hall–Kier alpha value is -2.89. The van der Waals surface area contributed by atoms with Crippen molar-refractivity contribution in [3.63, 3.8) is 0 Å². The summed E-state index contributed by atoms with van der Waals surface area (Å²) in [7, 11) is 0. The molecule has 25 heavy (non-hydrogen) atoms. The van der Waals surface area contributed by atoms with Gasteiger partial charge in [-0.25, -0.2) is 9.59 Å². The van der Waals surface area contributed by atoms with Gasteiger partial charge in [0.05, 0.1) is 11.1 Å². The molecule has 0 fully saturated rings. The summed E-state index contributed by atoms with van der Waals surface area (Å²) >= 11 is 0.